The molecule has 1 amide bonds. The number of carbonyl (C=O) groups excluding carboxylic acids is 1. The number of aryl methyl sites for hydroxylation is 1. The van der Waals surface area contributed by atoms with Crippen LogP contribution in [0.1, 0.15) is 24.8 Å². The van der Waals surface area contributed by atoms with Gasteiger partial charge in [0.2, 0.25) is 15.9 Å². The molecule has 0 radical (unpaired) electrons. The van der Waals surface area contributed by atoms with Crippen LogP contribution in [0.4, 0.5) is 0 Å². The Labute approximate surface area is 144 Å². The first kappa shape index (κ1) is 18.9. The molecule has 1 fully saturated rings. The van der Waals surface area contributed by atoms with Crippen LogP contribution in [0.25, 0.3) is 0 Å². The Morgan fingerprint density at radius 3 is 2.67 bits per heavy atom. The predicted octanol–water partition coefficient (Wildman–Crippen LogP) is 1.12. The number of sulfonamides is 1. The van der Waals surface area contributed by atoms with Gasteiger partial charge in [-0.25, -0.2) is 13.1 Å². The summed E-state index contributed by atoms with van der Waals surface area (Å²) in [6.45, 7) is 4.52. The van der Waals surface area contributed by atoms with Gasteiger partial charge in [-0.05, 0) is 50.9 Å². The van der Waals surface area contributed by atoms with Crippen LogP contribution in [0.5, 0.6) is 0 Å². The molecule has 24 heavy (non-hydrogen) atoms. The number of nitrogens with zero attached hydrogens (tertiary/aromatic N) is 1. The summed E-state index contributed by atoms with van der Waals surface area (Å²) in [6.07, 6.45) is 2.55. The van der Waals surface area contributed by atoms with E-state index < -0.39 is 10.0 Å². The SMILES string of the molecule is Cc1ccc(S(=O)(=O)NCCN(C)C(=O)CCC2CCNC2)cc1. The molecule has 0 aliphatic carbocycles. The minimum atomic E-state index is -3.52. The summed E-state index contributed by atoms with van der Waals surface area (Å²) in [5.74, 6) is 0.652. The number of amides is 1. The predicted molar refractivity (Wildman–Crippen MR) is 94.2 cm³/mol. The van der Waals surface area contributed by atoms with Crippen molar-refractivity contribution in [3.8, 4) is 0 Å². The number of nitrogens with one attached hydrogen (secondary N) is 2. The largest absolute Gasteiger partial charge is 0.344 e. The fourth-order valence-electron chi connectivity index (χ4n) is 2.75. The van der Waals surface area contributed by atoms with Gasteiger partial charge in [0.15, 0.2) is 0 Å². The number of rotatable bonds is 8. The van der Waals surface area contributed by atoms with Crippen molar-refractivity contribution >= 4 is 15.9 Å². The summed E-state index contributed by atoms with van der Waals surface area (Å²) in [5.41, 5.74) is 1.01. The third-order valence-electron chi connectivity index (χ3n) is 4.43. The summed E-state index contributed by atoms with van der Waals surface area (Å²) >= 11 is 0. The molecule has 1 saturated heterocycles. The summed E-state index contributed by atoms with van der Waals surface area (Å²) < 4.78 is 26.9. The molecule has 7 heteroatoms. The Morgan fingerprint density at radius 2 is 2.04 bits per heavy atom. The fraction of sp³-hybridized carbons (Fsp3) is 0.588. The minimum absolute atomic E-state index is 0.0661. The highest BCUT2D eigenvalue weighted by Gasteiger charge is 2.18. The summed E-state index contributed by atoms with van der Waals surface area (Å²) in [7, 11) is -1.80. The molecule has 1 heterocycles. The standard InChI is InChI=1S/C17H27N3O3S/c1-14-3-6-16(7-4-14)24(22,23)19-11-12-20(2)17(21)8-5-15-9-10-18-13-15/h3-4,6-7,15,18-19H,5,8-13H2,1-2H3. The molecule has 2 rings (SSSR count). The third-order valence-corrected chi connectivity index (χ3v) is 5.90. The van der Waals surface area contributed by atoms with E-state index in [9.17, 15) is 13.2 Å². The maximum atomic E-state index is 12.2. The van der Waals surface area contributed by atoms with Gasteiger partial charge in [-0.15, -0.1) is 0 Å². The number of carbonyl (C=O) groups is 1. The molecule has 1 aromatic rings. The highest BCUT2D eigenvalue weighted by molar-refractivity contribution is 7.89. The first-order valence-corrected chi connectivity index (χ1v) is 9.88. The highest BCUT2D eigenvalue weighted by Crippen LogP contribution is 2.15. The molecule has 1 aliphatic heterocycles. The number of hydrogen-bond donors (Lipinski definition) is 2. The van der Waals surface area contributed by atoms with Crippen molar-refractivity contribution in [2.45, 2.75) is 31.1 Å². The van der Waals surface area contributed by atoms with Gasteiger partial charge < -0.3 is 10.2 Å². The van der Waals surface area contributed by atoms with Crippen molar-refractivity contribution in [1.29, 1.82) is 0 Å². The maximum Gasteiger partial charge on any atom is 0.240 e. The summed E-state index contributed by atoms with van der Waals surface area (Å²) in [5, 5.41) is 3.29. The Kier molecular flexibility index (Phi) is 6.77. The fourth-order valence-corrected chi connectivity index (χ4v) is 3.77. The lowest BCUT2D eigenvalue weighted by Gasteiger charge is -2.18. The molecule has 0 spiro atoms. The van der Waals surface area contributed by atoms with E-state index >= 15 is 0 Å². The van der Waals surface area contributed by atoms with Gasteiger partial charge in [0.25, 0.3) is 0 Å². The monoisotopic (exact) mass is 353 g/mol. The average Bonchev–Trinajstić information content (AvgIpc) is 3.06. The van der Waals surface area contributed by atoms with E-state index in [1.807, 2.05) is 6.92 Å². The van der Waals surface area contributed by atoms with Crippen molar-refractivity contribution in [3.05, 3.63) is 29.8 Å². The first-order chi connectivity index (χ1) is 11.4. The lowest BCUT2D eigenvalue weighted by Crippen LogP contribution is -2.36. The Balaban J connectivity index is 1.73. The number of likely N-dealkylation sites (N-methyl/N-ethyl adjacent to an activating group) is 1. The second-order valence-electron chi connectivity index (χ2n) is 6.42. The van der Waals surface area contributed by atoms with Crippen LogP contribution >= 0.6 is 0 Å². The first-order valence-electron chi connectivity index (χ1n) is 8.39. The molecule has 0 aromatic heterocycles. The molecule has 6 nitrogen and oxygen atoms in total. The van der Waals surface area contributed by atoms with Crippen molar-refractivity contribution in [2.75, 3.05) is 33.2 Å². The second-order valence-corrected chi connectivity index (χ2v) is 8.19. The van der Waals surface area contributed by atoms with Crippen LogP contribution in [0.15, 0.2) is 29.2 Å². The van der Waals surface area contributed by atoms with Gasteiger partial charge in [-0.3, -0.25) is 4.79 Å². The Bertz CT molecular complexity index is 638. The Hall–Kier alpha value is -1.44. The number of hydrogen-bond acceptors (Lipinski definition) is 4. The van der Waals surface area contributed by atoms with E-state index in [0.717, 1.165) is 31.5 Å². The van der Waals surface area contributed by atoms with Crippen LogP contribution < -0.4 is 10.0 Å². The average molecular weight is 353 g/mol. The van der Waals surface area contributed by atoms with Crippen molar-refractivity contribution < 1.29 is 13.2 Å². The van der Waals surface area contributed by atoms with Crippen LogP contribution in [0.3, 0.4) is 0 Å². The van der Waals surface area contributed by atoms with Gasteiger partial charge in [-0.1, -0.05) is 17.7 Å². The lowest BCUT2D eigenvalue weighted by atomic mass is 10.0. The molecule has 1 atom stereocenters. The third kappa shape index (κ3) is 5.58. The minimum Gasteiger partial charge on any atom is -0.344 e. The molecule has 1 aromatic carbocycles. The van der Waals surface area contributed by atoms with E-state index in [0.29, 0.717) is 18.9 Å². The quantitative estimate of drug-likeness (QED) is 0.734. The van der Waals surface area contributed by atoms with Gasteiger partial charge in [0.05, 0.1) is 4.90 Å². The Morgan fingerprint density at radius 1 is 1.33 bits per heavy atom. The van der Waals surface area contributed by atoms with Crippen LogP contribution in [-0.2, 0) is 14.8 Å². The number of benzene rings is 1. The molecule has 2 N–H and O–H groups in total. The zero-order valence-electron chi connectivity index (χ0n) is 14.4. The van der Waals surface area contributed by atoms with E-state index in [1.165, 1.54) is 0 Å². The van der Waals surface area contributed by atoms with Crippen LogP contribution in [0, 0.1) is 12.8 Å². The molecule has 134 valence electrons. The van der Waals surface area contributed by atoms with Crippen molar-refractivity contribution in [1.82, 2.24) is 14.9 Å². The molecule has 1 unspecified atom stereocenters. The van der Waals surface area contributed by atoms with Crippen LogP contribution in [-0.4, -0.2) is 52.5 Å². The molecular weight excluding hydrogens is 326 g/mol. The normalized spacial score (nSPS) is 17.8. The van der Waals surface area contributed by atoms with Crippen molar-refractivity contribution in [2.24, 2.45) is 5.92 Å². The van der Waals surface area contributed by atoms with Crippen LogP contribution in [0.2, 0.25) is 0 Å². The summed E-state index contributed by atoms with van der Waals surface area (Å²) in [6, 6.07) is 6.70. The maximum absolute atomic E-state index is 12.2. The molecular formula is C17H27N3O3S. The zero-order chi connectivity index (χ0) is 17.6. The second kappa shape index (κ2) is 8.60. The lowest BCUT2D eigenvalue weighted by molar-refractivity contribution is -0.130. The van der Waals surface area contributed by atoms with Gasteiger partial charge >= 0.3 is 0 Å². The van der Waals surface area contributed by atoms with E-state index in [2.05, 4.69) is 10.0 Å². The van der Waals surface area contributed by atoms with Gasteiger partial charge in [0, 0.05) is 26.6 Å². The zero-order valence-corrected chi connectivity index (χ0v) is 15.2. The molecule has 0 bridgehead atoms. The molecule has 1 aliphatic rings. The van der Waals surface area contributed by atoms with E-state index in [4.69, 9.17) is 0 Å². The van der Waals surface area contributed by atoms with Gasteiger partial charge in [-0.2, -0.15) is 0 Å². The van der Waals surface area contributed by atoms with Gasteiger partial charge in [0.1, 0.15) is 0 Å². The highest BCUT2D eigenvalue weighted by atomic mass is 32.2. The van der Waals surface area contributed by atoms with E-state index in [1.54, 1.807) is 36.2 Å². The summed E-state index contributed by atoms with van der Waals surface area (Å²) in [4.78, 5) is 13.9. The topological polar surface area (TPSA) is 78.5 Å². The van der Waals surface area contributed by atoms with Crippen molar-refractivity contribution in [3.63, 3.8) is 0 Å². The van der Waals surface area contributed by atoms with E-state index in [-0.39, 0.29) is 17.3 Å². The molecule has 0 saturated carbocycles. The smallest absolute Gasteiger partial charge is 0.240 e.